The molecule has 0 bridgehead atoms. The number of carbonyl (C=O) groups is 1. The summed E-state index contributed by atoms with van der Waals surface area (Å²) in [6, 6.07) is 0.406. The number of hydrogen-bond donors (Lipinski definition) is 1. The summed E-state index contributed by atoms with van der Waals surface area (Å²) in [5.41, 5.74) is 1.20. The van der Waals surface area contributed by atoms with Crippen molar-refractivity contribution in [3.05, 3.63) is 11.8 Å². The molecule has 1 atom stereocenters. The van der Waals surface area contributed by atoms with Crippen LogP contribution in [0.15, 0.2) is 11.8 Å². The lowest BCUT2D eigenvalue weighted by molar-refractivity contribution is 0.198. The average Bonchev–Trinajstić information content (AvgIpc) is 1.96. The monoisotopic (exact) mass is 168 g/mol. The molecule has 0 aliphatic carbocycles. The molecular weight excluding hydrogens is 152 g/mol. The van der Waals surface area contributed by atoms with Crippen LogP contribution in [0.25, 0.3) is 0 Å². The third-order valence-corrected chi connectivity index (χ3v) is 2.16. The smallest absolute Gasteiger partial charge is 0.322 e. The minimum atomic E-state index is 0.00287. The van der Waals surface area contributed by atoms with Gasteiger partial charge in [-0.1, -0.05) is 0 Å². The SMILES string of the molecule is CC1=CN(C(C)C)C(=O)NC1C. The van der Waals surface area contributed by atoms with Crippen LogP contribution in [0.4, 0.5) is 4.79 Å². The lowest BCUT2D eigenvalue weighted by atomic mass is 10.1. The highest BCUT2D eigenvalue weighted by Gasteiger charge is 2.22. The summed E-state index contributed by atoms with van der Waals surface area (Å²) in [4.78, 5) is 13.1. The van der Waals surface area contributed by atoms with Crippen molar-refractivity contribution < 1.29 is 4.79 Å². The second-order valence-electron chi connectivity index (χ2n) is 3.55. The van der Waals surface area contributed by atoms with Crippen molar-refractivity contribution in [3.63, 3.8) is 0 Å². The molecule has 68 valence electrons. The van der Waals surface area contributed by atoms with Gasteiger partial charge in [-0.3, -0.25) is 4.90 Å². The molecule has 0 saturated heterocycles. The van der Waals surface area contributed by atoms with E-state index in [-0.39, 0.29) is 18.1 Å². The standard InChI is InChI=1S/C9H16N2O/c1-6(2)11-5-7(3)8(4)10-9(11)12/h5-6,8H,1-4H3,(H,10,12). The Balaban J connectivity index is 2.83. The zero-order valence-electron chi connectivity index (χ0n) is 8.09. The van der Waals surface area contributed by atoms with Gasteiger partial charge in [-0.15, -0.1) is 0 Å². The first-order valence-electron chi connectivity index (χ1n) is 4.29. The van der Waals surface area contributed by atoms with Crippen molar-refractivity contribution in [2.75, 3.05) is 0 Å². The molecule has 1 unspecified atom stereocenters. The molecule has 1 aliphatic rings. The number of amides is 2. The van der Waals surface area contributed by atoms with Crippen LogP contribution in [0.3, 0.4) is 0 Å². The van der Waals surface area contributed by atoms with Crippen LogP contribution in [-0.2, 0) is 0 Å². The Hall–Kier alpha value is -0.990. The van der Waals surface area contributed by atoms with E-state index in [0.29, 0.717) is 0 Å². The van der Waals surface area contributed by atoms with E-state index in [1.54, 1.807) is 4.90 Å². The first-order chi connectivity index (χ1) is 5.52. The topological polar surface area (TPSA) is 32.3 Å². The highest BCUT2D eigenvalue weighted by atomic mass is 16.2. The molecular formula is C9H16N2O. The van der Waals surface area contributed by atoms with Crippen LogP contribution in [0.5, 0.6) is 0 Å². The van der Waals surface area contributed by atoms with Crippen molar-refractivity contribution >= 4 is 6.03 Å². The van der Waals surface area contributed by atoms with E-state index in [1.165, 1.54) is 5.57 Å². The van der Waals surface area contributed by atoms with Crippen molar-refractivity contribution in [1.82, 2.24) is 10.2 Å². The Kier molecular flexibility index (Phi) is 2.40. The predicted octanol–water partition coefficient (Wildman–Crippen LogP) is 1.71. The van der Waals surface area contributed by atoms with E-state index in [4.69, 9.17) is 0 Å². The first kappa shape index (κ1) is 9.10. The molecule has 0 saturated carbocycles. The summed E-state index contributed by atoms with van der Waals surface area (Å²) >= 11 is 0. The number of nitrogens with one attached hydrogen (secondary N) is 1. The Morgan fingerprint density at radius 1 is 1.58 bits per heavy atom. The zero-order valence-corrected chi connectivity index (χ0v) is 8.09. The van der Waals surface area contributed by atoms with Crippen LogP contribution >= 0.6 is 0 Å². The van der Waals surface area contributed by atoms with E-state index in [1.807, 2.05) is 33.9 Å². The van der Waals surface area contributed by atoms with Gasteiger partial charge in [-0.2, -0.15) is 0 Å². The Bertz CT molecular complexity index is 221. The Morgan fingerprint density at radius 3 is 2.67 bits per heavy atom. The minimum Gasteiger partial charge on any atom is -0.331 e. The first-order valence-corrected chi connectivity index (χ1v) is 4.29. The fourth-order valence-electron chi connectivity index (χ4n) is 1.15. The number of hydrogen-bond acceptors (Lipinski definition) is 1. The molecule has 0 fully saturated rings. The molecule has 0 aromatic heterocycles. The molecule has 0 spiro atoms. The predicted molar refractivity (Wildman–Crippen MR) is 48.7 cm³/mol. The lowest BCUT2D eigenvalue weighted by Gasteiger charge is -2.31. The van der Waals surface area contributed by atoms with E-state index in [0.717, 1.165) is 0 Å². The Morgan fingerprint density at radius 2 is 2.17 bits per heavy atom. The number of rotatable bonds is 1. The summed E-state index contributed by atoms with van der Waals surface area (Å²) in [5.74, 6) is 0. The van der Waals surface area contributed by atoms with Crippen LogP contribution in [0, 0.1) is 0 Å². The van der Waals surface area contributed by atoms with Crippen molar-refractivity contribution in [1.29, 1.82) is 0 Å². The largest absolute Gasteiger partial charge is 0.331 e. The highest BCUT2D eigenvalue weighted by Crippen LogP contribution is 2.12. The summed E-state index contributed by atoms with van der Waals surface area (Å²) in [7, 11) is 0. The lowest BCUT2D eigenvalue weighted by Crippen LogP contribution is -2.48. The Labute approximate surface area is 73.4 Å². The third-order valence-electron chi connectivity index (χ3n) is 2.16. The van der Waals surface area contributed by atoms with E-state index >= 15 is 0 Å². The molecule has 0 aromatic carbocycles. The number of urea groups is 1. The van der Waals surface area contributed by atoms with Crippen molar-refractivity contribution in [2.45, 2.75) is 39.8 Å². The van der Waals surface area contributed by atoms with Crippen LogP contribution in [0.2, 0.25) is 0 Å². The van der Waals surface area contributed by atoms with Gasteiger partial charge in [0.1, 0.15) is 0 Å². The maximum absolute atomic E-state index is 11.4. The average molecular weight is 168 g/mol. The van der Waals surface area contributed by atoms with E-state index in [2.05, 4.69) is 5.32 Å². The normalized spacial score (nSPS) is 24.1. The van der Waals surface area contributed by atoms with Gasteiger partial charge in [0.15, 0.2) is 0 Å². The summed E-state index contributed by atoms with van der Waals surface area (Å²) in [6.07, 6.45) is 1.92. The zero-order chi connectivity index (χ0) is 9.30. The van der Waals surface area contributed by atoms with Gasteiger partial charge >= 0.3 is 6.03 Å². The van der Waals surface area contributed by atoms with Gasteiger partial charge in [-0.05, 0) is 33.3 Å². The molecule has 1 N–H and O–H groups in total. The minimum absolute atomic E-state index is 0.00287. The number of nitrogens with zero attached hydrogens (tertiary/aromatic N) is 1. The molecule has 1 heterocycles. The second-order valence-corrected chi connectivity index (χ2v) is 3.55. The van der Waals surface area contributed by atoms with Gasteiger partial charge in [0.25, 0.3) is 0 Å². The highest BCUT2D eigenvalue weighted by molar-refractivity contribution is 5.77. The van der Waals surface area contributed by atoms with E-state index < -0.39 is 0 Å². The van der Waals surface area contributed by atoms with Crippen LogP contribution in [0.1, 0.15) is 27.7 Å². The van der Waals surface area contributed by atoms with Gasteiger partial charge in [-0.25, -0.2) is 4.79 Å². The molecule has 1 rings (SSSR count). The van der Waals surface area contributed by atoms with Crippen LogP contribution in [-0.4, -0.2) is 23.0 Å². The van der Waals surface area contributed by atoms with E-state index in [9.17, 15) is 4.79 Å². The molecule has 1 aliphatic heterocycles. The maximum Gasteiger partial charge on any atom is 0.322 e. The van der Waals surface area contributed by atoms with Gasteiger partial charge in [0, 0.05) is 12.2 Å². The van der Waals surface area contributed by atoms with Gasteiger partial charge < -0.3 is 5.32 Å². The molecule has 12 heavy (non-hydrogen) atoms. The molecule has 2 amide bonds. The number of carbonyl (C=O) groups excluding carboxylic acids is 1. The molecule has 0 aromatic rings. The van der Waals surface area contributed by atoms with Gasteiger partial charge in [0.2, 0.25) is 0 Å². The molecule has 3 heteroatoms. The third kappa shape index (κ3) is 1.60. The fraction of sp³-hybridized carbons (Fsp3) is 0.667. The fourth-order valence-corrected chi connectivity index (χ4v) is 1.15. The van der Waals surface area contributed by atoms with Crippen molar-refractivity contribution in [3.8, 4) is 0 Å². The van der Waals surface area contributed by atoms with Crippen LogP contribution < -0.4 is 5.32 Å². The second kappa shape index (κ2) is 3.17. The van der Waals surface area contributed by atoms with Gasteiger partial charge in [0.05, 0.1) is 6.04 Å². The maximum atomic E-state index is 11.4. The van der Waals surface area contributed by atoms with Crippen molar-refractivity contribution in [2.24, 2.45) is 0 Å². The summed E-state index contributed by atoms with van der Waals surface area (Å²) in [6.45, 7) is 8.01. The molecule has 0 radical (unpaired) electrons. The summed E-state index contributed by atoms with van der Waals surface area (Å²) < 4.78 is 0. The quantitative estimate of drug-likeness (QED) is 0.635. The molecule has 3 nitrogen and oxygen atoms in total. The summed E-state index contributed by atoms with van der Waals surface area (Å²) in [5, 5.41) is 2.88.